The maximum absolute atomic E-state index is 14.1. The van der Waals surface area contributed by atoms with Crippen LogP contribution in [0, 0.1) is 5.82 Å². The van der Waals surface area contributed by atoms with Crippen molar-refractivity contribution in [3.8, 4) is 5.75 Å². The van der Waals surface area contributed by atoms with Crippen molar-refractivity contribution < 1.29 is 9.50 Å². The van der Waals surface area contributed by atoms with Gasteiger partial charge in [0.25, 0.3) is 5.56 Å². The van der Waals surface area contributed by atoms with Crippen LogP contribution in [0.4, 0.5) is 4.39 Å². The molecule has 0 saturated heterocycles. The van der Waals surface area contributed by atoms with E-state index in [1.54, 1.807) is 6.07 Å². The van der Waals surface area contributed by atoms with Crippen LogP contribution in [0.1, 0.15) is 11.1 Å². The number of aliphatic imine (C=N–C) groups is 1. The molecular weight excluding hydrogens is 385 g/mol. The SMILES string of the molecule is C=CN=C(C=C)c1cn2ccn(Cc3cccc(Cl)c3F)c(=O)c2c(O)c1=O. The molecule has 6 nitrogen and oxygen atoms in total. The molecule has 0 bridgehead atoms. The van der Waals surface area contributed by atoms with E-state index in [4.69, 9.17) is 11.6 Å². The number of allylic oxidation sites excluding steroid dienone is 1. The molecule has 0 aliphatic carbocycles. The molecule has 0 spiro atoms. The Morgan fingerprint density at radius 2 is 2.04 bits per heavy atom. The first-order chi connectivity index (χ1) is 13.4. The highest BCUT2D eigenvalue weighted by Gasteiger charge is 2.17. The summed E-state index contributed by atoms with van der Waals surface area (Å²) in [4.78, 5) is 29.3. The molecule has 3 rings (SSSR count). The molecule has 1 N–H and O–H groups in total. The lowest BCUT2D eigenvalue weighted by atomic mass is 10.1. The number of hydrogen-bond acceptors (Lipinski definition) is 4. The summed E-state index contributed by atoms with van der Waals surface area (Å²) in [5, 5.41) is 10.3. The van der Waals surface area contributed by atoms with Crippen LogP contribution in [0.25, 0.3) is 5.52 Å². The predicted octanol–water partition coefficient (Wildman–Crippen LogP) is 3.13. The maximum Gasteiger partial charge on any atom is 0.279 e. The normalized spacial score (nSPS) is 11.6. The average molecular weight is 400 g/mol. The van der Waals surface area contributed by atoms with E-state index in [9.17, 15) is 19.1 Å². The van der Waals surface area contributed by atoms with Crippen LogP contribution in [0.5, 0.6) is 5.75 Å². The van der Waals surface area contributed by atoms with Crippen LogP contribution in [-0.4, -0.2) is 19.8 Å². The Morgan fingerprint density at radius 1 is 1.29 bits per heavy atom. The second-order valence-electron chi connectivity index (χ2n) is 5.82. The van der Waals surface area contributed by atoms with Crippen molar-refractivity contribution in [1.29, 1.82) is 0 Å². The van der Waals surface area contributed by atoms with Crippen LogP contribution < -0.4 is 11.0 Å². The van der Waals surface area contributed by atoms with Gasteiger partial charge in [0.1, 0.15) is 5.82 Å². The molecule has 8 heteroatoms. The summed E-state index contributed by atoms with van der Waals surface area (Å²) >= 11 is 5.77. The van der Waals surface area contributed by atoms with Gasteiger partial charge >= 0.3 is 0 Å². The maximum atomic E-state index is 14.1. The quantitative estimate of drug-likeness (QED) is 0.670. The lowest BCUT2D eigenvalue weighted by Gasteiger charge is -2.12. The number of aromatic nitrogens is 2. The Morgan fingerprint density at radius 3 is 2.71 bits per heavy atom. The summed E-state index contributed by atoms with van der Waals surface area (Å²) in [6.45, 7) is 6.93. The zero-order chi connectivity index (χ0) is 20.4. The summed E-state index contributed by atoms with van der Waals surface area (Å²) in [6.07, 6.45) is 6.83. The molecule has 28 heavy (non-hydrogen) atoms. The largest absolute Gasteiger partial charge is 0.503 e. The van der Waals surface area contributed by atoms with Crippen molar-refractivity contribution >= 4 is 22.8 Å². The Hall–Kier alpha value is -3.45. The Bertz CT molecular complexity index is 1260. The third-order valence-corrected chi connectivity index (χ3v) is 4.44. The number of fused-ring (bicyclic) bond motifs is 1. The Kier molecular flexibility index (Phi) is 5.28. The summed E-state index contributed by atoms with van der Waals surface area (Å²) < 4.78 is 16.6. The smallest absolute Gasteiger partial charge is 0.279 e. The third-order valence-electron chi connectivity index (χ3n) is 4.15. The molecule has 1 aromatic carbocycles. The number of hydrogen-bond donors (Lipinski definition) is 1. The minimum Gasteiger partial charge on any atom is -0.503 e. The van der Waals surface area contributed by atoms with Gasteiger partial charge < -0.3 is 14.1 Å². The van der Waals surface area contributed by atoms with Gasteiger partial charge in [-0.25, -0.2) is 4.39 Å². The lowest BCUT2D eigenvalue weighted by Crippen LogP contribution is -2.26. The van der Waals surface area contributed by atoms with Crippen molar-refractivity contribution in [3.05, 3.63) is 105 Å². The number of pyridine rings is 1. The zero-order valence-electron chi connectivity index (χ0n) is 14.6. The molecular formula is C20H15ClFN3O3. The van der Waals surface area contributed by atoms with Crippen molar-refractivity contribution in [2.45, 2.75) is 6.54 Å². The second-order valence-corrected chi connectivity index (χ2v) is 6.23. The molecule has 0 amide bonds. The highest BCUT2D eigenvalue weighted by molar-refractivity contribution is 6.30. The fourth-order valence-electron chi connectivity index (χ4n) is 2.80. The molecule has 0 fully saturated rings. The van der Waals surface area contributed by atoms with Gasteiger partial charge in [-0.3, -0.25) is 14.6 Å². The van der Waals surface area contributed by atoms with Gasteiger partial charge in [0.2, 0.25) is 5.43 Å². The summed E-state index contributed by atoms with van der Waals surface area (Å²) in [6, 6.07) is 4.46. The average Bonchev–Trinajstić information content (AvgIpc) is 2.68. The van der Waals surface area contributed by atoms with E-state index < -0.39 is 22.6 Å². The number of halogens is 2. The number of aromatic hydroxyl groups is 1. The van der Waals surface area contributed by atoms with Gasteiger partial charge in [-0.05, 0) is 12.1 Å². The van der Waals surface area contributed by atoms with Crippen molar-refractivity contribution in [1.82, 2.24) is 8.97 Å². The number of nitrogens with zero attached hydrogens (tertiary/aromatic N) is 3. The molecule has 2 heterocycles. The summed E-state index contributed by atoms with van der Waals surface area (Å²) in [5.74, 6) is -1.37. The second kappa shape index (κ2) is 7.66. The first-order valence-corrected chi connectivity index (χ1v) is 8.48. The van der Waals surface area contributed by atoms with Gasteiger partial charge in [0.05, 0.1) is 22.8 Å². The van der Waals surface area contributed by atoms with Gasteiger partial charge in [-0.15, -0.1) is 0 Å². The van der Waals surface area contributed by atoms with Crippen LogP contribution in [0.3, 0.4) is 0 Å². The molecule has 3 aromatic rings. The molecule has 0 atom stereocenters. The fraction of sp³-hybridized carbons (Fsp3) is 0.0500. The van der Waals surface area contributed by atoms with E-state index in [1.807, 2.05) is 0 Å². The van der Waals surface area contributed by atoms with Gasteiger partial charge in [0, 0.05) is 30.4 Å². The molecule has 142 valence electrons. The fourth-order valence-corrected chi connectivity index (χ4v) is 2.99. The molecule has 0 saturated carbocycles. The standard InChI is InChI=1S/C20H15ClFN3O3/c1-3-15(23-4-2)13-11-24-8-9-25(20(28)17(24)19(27)18(13)26)10-12-6-5-7-14(21)16(12)22/h3-9,11,27H,1-2,10H2. The third kappa shape index (κ3) is 3.27. The van der Waals surface area contributed by atoms with E-state index in [0.717, 1.165) is 0 Å². The zero-order valence-corrected chi connectivity index (χ0v) is 15.4. The molecule has 0 radical (unpaired) electrons. The first-order valence-electron chi connectivity index (χ1n) is 8.10. The molecule has 2 aromatic heterocycles. The highest BCUT2D eigenvalue weighted by Crippen LogP contribution is 2.19. The van der Waals surface area contributed by atoms with E-state index in [2.05, 4.69) is 18.2 Å². The van der Waals surface area contributed by atoms with Crippen molar-refractivity contribution in [2.24, 2.45) is 4.99 Å². The van der Waals surface area contributed by atoms with Crippen LogP contribution >= 0.6 is 11.6 Å². The Labute approximate surface area is 163 Å². The number of rotatable bonds is 5. The van der Waals surface area contributed by atoms with E-state index in [0.29, 0.717) is 0 Å². The van der Waals surface area contributed by atoms with E-state index in [-0.39, 0.29) is 33.9 Å². The first kappa shape index (κ1) is 19.3. The highest BCUT2D eigenvalue weighted by atomic mass is 35.5. The van der Waals surface area contributed by atoms with Crippen LogP contribution in [0.15, 0.2) is 76.8 Å². The van der Waals surface area contributed by atoms with Gasteiger partial charge in [-0.1, -0.05) is 36.9 Å². The van der Waals surface area contributed by atoms with Crippen LogP contribution in [-0.2, 0) is 6.54 Å². The van der Waals surface area contributed by atoms with Crippen LogP contribution in [0.2, 0.25) is 5.02 Å². The molecule has 0 aliphatic heterocycles. The summed E-state index contributed by atoms with van der Waals surface area (Å²) in [7, 11) is 0. The minimum absolute atomic E-state index is 0.0583. The van der Waals surface area contributed by atoms with E-state index >= 15 is 0 Å². The number of benzene rings is 1. The van der Waals surface area contributed by atoms with Crippen molar-refractivity contribution in [3.63, 3.8) is 0 Å². The lowest BCUT2D eigenvalue weighted by molar-refractivity contribution is 0.472. The molecule has 0 aliphatic rings. The minimum atomic E-state index is -0.774. The van der Waals surface area contributed by atoms with E-state index in [1.165, 1.54) is 52.0 Å². The topological polar surface area (TPSA) is 76.1 Å². The summed E-state index contributed by atoms with van der Waals surface area (Å²) in [5.41, 5.74) is -1.21. The van der Waals surface area contributed by atoms with Gasteiger partial charge in [0.15, 0.2) is 11.3 Å². The Balaban J connectivity index is 2.21. The predicted molar refractivity (Wildman–Crippen MR) is 107 cm³/mol. The molecule has 0 unspecified atom stereocenters. The van der Waals surface area contributed by atoms with Gasteiger partial charge in [-0.2, -0.15) is 0 Å². The monoisotopic (exact) mass is 399 g/mol. The van der Waals surface area contributed by atoms with Crippen molar-refractivity contribution in [2.75, 3.05) is 0 Å².